The van der Waals surface area contributed by atoms with Crippen LogP contribution < -0.4 is 10.2 Å². The van der Waals surface area contributed by atoms with E-state index in [4.69, 9.17) is 4.74 Å². The molecule has 0 bridgehead atoms. The normalized spacial score (nSPS) is 18.7. The number of morpholine rings is 1. The van der Waals surface area contributed by atoms with Gasteiger partial charge in [-0.2, -0.15) is 4.31 Å². The van der Waals surface area contributed by atoms with Crippen LogP contribution in [0, 0.1) is 0 Å². The zero-order chi connectivity index (χ0) is 23.4. The first-order chi connectivity index (χ1) is 15.9. The Kier molecular flexibility index (Phi) is 7.11. The van der Waals surface area contributed by atoms with Gasteiger partial charge < -0.3 is 10.1 Å². The summed E-state index contributed by atoms with van der Waals surface area (Å²) in [4.78, 5) is 26.9. The van der Waals surface area contributed by atoms with Crippen LogP contribution in [0.5, 0.6) is 0 Å². The van der Waals surface area contributed by atoms with Gasteiger partial charge in [0, 0.05) is 38.7 Å². The molecule has 9 heteroatoms. The maximum Gasteiger partial charge on any atom is 0.243 e. The summed E-state index contributed by atoms with van der Waals surface area (Å²) >= 11 is 0. The Morgan fingerprint density at radius 1 is 1.09 bits per heavy atom. The summed E-state index contributed by atoms with van der Waals surface area (Å²) in [7, 11) is -3.65. The third kappa shape index (κ3) is 5.10. The van der Waals surface area contributed by atoms with Gasteiger partial charge in [0.15, 0.2) is 0 Å². The highest BCUT2D eigenvalue weighted by molar-refractivity contribution is 7.89. The number of hydrogen-bond donors (Lipinski definition) is 1. The van der Waals surface area contributed by atoms with Gasteiger partial charge >= 0.3 is 0 Å². The predicted octanol–water partition coefficient (Wildman–Crippen LogP) is 1.73. The van der Waals surface area contributed by atoms with Gasteiger partial charge in [0.05, 0.1) is 18.1 Å². The lowest BCUT2D eigenvalue weighted by molar-refractivity contribution is -0.125. The molecule has 2 heterocycles. The molecule has 0 saturated carbocycles. The van der Waals surface area contributed by atoms with Gasteiger partial charge in [-0.15, -0.1) is 0 Å². The number of fused-ring (bicyclic) bond motifs is 1. The number of carbonyl (C=O) groups is 2. The van der Waals surface area contributed by atoms with Crippen molar-refractivity contribution in [3.05, 3.63) is 59.7 Å². The first-order valence-electron chi connectivity index (χ1n) is 11.2. The number of hydrogen-bond acceptors (Lipinski definition) is 5. The van der Waals surface area contributed by atoms with Gasteiger partial charge in [-0.25, -0.2) is 8.42 Å². The number of ether oxygens (including phenoxy) is 1. The molecule has 0 radical (unpaired) electrons. The van der Waals surface area contributed by atoms with Crippen molar-refractivity contribution >= 4 is 27.5 Å². The fraction of sp³-hybridized carbons (Fsp3) is 0.417. The van der Waals surface area contributed by atoms with Crippen LogP contribution in [0.2, 0.25) is 0 Å². The van der Waals surface area contributed by atoms with E-state index in [1.807, 2.05) is 18.2 Å². The molecule has 1 saturated heterocycles. The molecule has 4 rings (SSSR count). The topological polar surface area (TPSA) is 96.0 Å². The zero-order valence-electron chi connectivity index (χ0n) is 18.7. The summed E-state index contributed by atoms with van der Waals surface area (Å²) in [6.45, 7) is 3.29. The molecule has 33 heavy (non-hydrogen) atoms. The molecule has 2 aromatic rings. The summed E-state index contributed by atoms with van der Waals surface area (Å²) in [6, 6.07) is 14.1. The summed E-state index contributed by atoms with van der Waals surface area (Å²) < 4.78 is 32.7. The number of nitrogens with zero attached hydrogens (tertiary/aromatic N) is 2. The Morgan fingerprint density at radius 3 is 2.52 bits per heavy atom. The third-order valence-corrected chi connectivity index (χ3v) is 7.96. The second kappa shape index (κ2) is 10.0. The van der Waals surface area contributed by atoms with Crippen molar-refractivity contribution in [2.75, 3.05) is 37.7 Å². The minimum absolute atomic E-state index is 0.176. The molecular weight excluding hydrogens is 442 g/mol. The van der Waals surface area contributed by atoms with Crippen molar-refractivity contribution < 1.29 is 22.7 Å². The molecule has 8 nitrogen and oxygen atoms in total. The molecule has 0 spiro atoms. The molecule has 0 aromatic heterocycles. The Hall–Kier alpha value is -2.75. The Bertz CT molecular complexity index is 1110. The third-order valence-electron chi connectivity index (χ3n) is 6.07. The average molecular weight is 472 g/mol. The van der Waals surface area contributed by atoms with Crippen molar-refractivity contribution in [3.63, 3.8) is 0 Å². The van der Waals surface area contributed by atoms with Crippen molar-refractivity contribution in [2.45, 2.75) is 37.1 Å². The summed E-state index contributed by atoms with van der Waals surface area (Å²) in [5.74, 6) is -0.478. The maximum atomic E-state index is 13.0. The smallest absolute Gasteiger partial charge is 0.243 e. The second-order valence-corrected chi connectivity index (χ2v) is 10.2. The SMILES string of the molecule is CC(=O)N1c2ccc(S(=O)(=O)N3CCOCC3)cc2C[C@H]1C(=O)NCCCc1ccccc1. The minimum Gasteiger partial charge on any atom is -0.379 e. The largest absolute Gasteiger partial charge is 0.379 e. The van der Waals surface area contributed by atoms with E-state index in [0.29, 0.717) is 44.1 Å². The quantitative estimate of drug-likeness (QED) is 0.621. The van der Waals surface area contributed by atoms with Crippen LogP contribution in [0.1, 0.15) is 24.5 Å². The average Bonchev–Trinajstić information content (AvgIpc) is 3.22. The maximum absolute atomic E-state index is 13.0. The zero-order valence-corrected chi connectivity index (χ0v) is 19.5. The van der Waals surface area contributed by atoms with Gasteiger partial charge in [0.25, 0.3) is 0 Å². The first kappa shape index (κ1) is 23.4. The molecule has 1 fully saturated rings. The summed E-state index contributed by atoms with van der Waals surface area (Å²) in [6.07, 6.45) is 1.93. The monoisotopic (exact) mass is 471 g/mol. The van der Waals surface area contributed by atoms with E-state index in [0.717, 1.165) is 12.8 Å². The van der Waals surface area contributed by atoms with Gasteiger partial charge in [0.2, 0.25) is 21.8 Å². The number of aryl methyl sites for hydroxylation is 1. The fourth-order valence-corrected chi connectivity index (χ4v) is 5.85. The molecule has 0 unspecified atom stereocenters. The molecule has 2 aromatic carbocycles. The van der Waals surface area contributed by atoms with Crippen LogP contribution in [0.4, 0.5) is 5.69 Å². The van der Waals surface area contributed by atoms with Crippen LogP contribution in [0.15, 0.2) is 53.4 Å². The predicted molar refractivity (Wildman–Crippen MR) is 124 cm³/mol. The molecule has 1 atom stereocenters. The molecule has 1 N–H and O–H groups in total. The first-order valence-corrected chi connectivity index (χ1v) is 12.6. The van der Waals surface area contributed by atoms with Crippen LogP contribution in [-0.2, 0) is 37.2 Å². The van der Waals surface area contributed by atoms with Crippen molar-refractivity contribution in [3.8, 4) is 0 Å². The van der Waals surface area contributed by atoms with E-state index in [1.54, 1.807) is 12.1 Å². The number of amides is 2. The van der Waals surface area contributed by atoms with E-state index in [2.05, 4.69) is 17.4 Å². The fourth-order valence-electron chi connectivity index (χ4n) is 4.39. The lowest BCUT2D eigenvalue weighted by atomic mass is 10.1. The standard InChI is InChI=1S/C24H29N3O5S/c1-18(28)27-22-10-9-21(33(30,31)26-12-14-32-15-13-26)16-20(22)17-23(27)24(29)25-11-5-8-19-6-3-2-4-7-19/h2-4,6-7,9-10,16,23H,5,8,11-15,17H2,1H3,(H,25,29)/t23-/m0/s1. The van der Waals surface area contributed by atoms with Gasteiger partial charge in [-0.3, -0.25) is 14.5 Å². The van der Waals surface area contributed by atoms with Crippen molar-refractivity contribution in [1.82, 2.24) is 9.62 Å². The van der Waals surface area contributed by atoms with Gasteiger partial charge in [0.1, 0.15) is 6.04 Å². The highest BCUT2D eigenvalue weighted by Gasteiger charge is 2.38. The van der Waals surface area contributed by atoms with Crippen LogP contribution in [0.3, 0.4) is 0 Å². The van der Waals surface area contributed by atoms with E-state index in [1.165, 1.54) is 27.8 Å². The van der Waals surface area contributed by atoms with Crippen LogP contribution in [-0.4, -0.2) is 63.4 Å². The van der Waals surface area contributed by atoms with E-state index in [-0.39, 0.29) is 23.1 Å². The lowest BCUT2D eigenvalue weighted by Gasteiger charge is -2.26. The highest BCUT2D eigenvalue weighted by Crippen LogP contribution is 2.35. The number of sulfonamides is 1. The van der Waals surface area contributed by atoms with E-state index in [9.17, 15) is 18.0 Å². The molecule has 176 valence electrons. The molecular formula is C24H29N3O5S. The molecule has 2 aliphatic heterocycles. The second-order valence-electron chi connectivity index (χ2n) is 8.30. The van der Waals surface area contributed by atoms with Crippen LogP contribution in [0.25, 0.3) is 0 Å². The molecule has 0 aliphatic carbocycles. The molecule has 2 aliphatic rings. The summed E-state index contributed by atoms with van der Waals surface area (Å²) in [5, 5.41) is 2.94. The Labute approximate surface area is 194 Å². The van der Waals surface area contributed by atoms with Crippen LogP contribution >= 0.6 is 0 Å². The highest BCUT2D eigenvalue weighted by atomic mass is 32.2. The number of benzene rings is 2. The minimum atomic E-state index is -3.65. The summed E-state index contributed by atoms with van der Waals surface area (Å²) in [5.41, 5.74) is 2.48. The lowest BCUT2D eigenvalue weighted by Crippen LogP contribution is -2.47. The molecule has 2 amide bonds. The van der Waals surface area contributed by atoms with Crippen molar-refractivity contribution in [2.24, 2.45) is 0 Å². The van der Waals surface area contributed by atoms with Gasteiger partial charge in [-0.1, -0.05) is 30.3 Å². The van der Waals surface area contributed by atoms with Gasteiger partial charge in [-0.05, 0) is 42.2 Å². The number of rotatable bonds is 7. The number of nitrogens with one attached hydrogen (secondary N) is 1. The van der Waals surface area contributed by atoms with Crippen molar-refractivity contribution in [1.29, 1.82) is 0 Å². The number of anilines is 1. The number of carbonyl (C=O) groups excluding carboxylic acids is 2. The Morgan fingerprint density at radius 2 is 1.82 bits per heavy atom. The Balaban J connectivity index is 1.44. The van der Waals surface area contributed by atoms with E-state index < -0.39 is 16.1 Å². The van der Waals surface area contributed by atoms with E-state index >= 15 is 0 Å².